The Labute approximate surface area is 108 Å². The molecule has 0 bridgehead atoms. The van der Waals surface area contributed by atoms with Gasteiger partial charge in [0.2, 0.25) is 0 Å². The Morgan fingerprint density at radius 1 is 1.37 bits per heavy atom. The molecule has 0 unspecified atom stereocenters. The first-order valence-corrected chi connectivity index (χ1v) is 5.48. The van der Waals surface area contributed by atoms with Crippen LogP contribution in [0.25, 0.3) is 11.3 Å². The van der Waals surface area contributed by atoms with Crippen molar-refractivity contribution in [2.24, 2.45) is 0 Å². The average molecular weight is 262 g/mol. The number of carbonyl (C=O) groups is 1. The van der Waals surface area contributed by atoms with Gasteiger partial charge in [-0.15, -0.1) is 0 Å². The number of H-pyrrole nitrogens is 1. The molecular weight excluding hydrogens is 251 g/mol. The zero-order chi connectivity index (χ0) is 14.0. The van der Waals surface area contributed by atoms with Crippen molar-refractivity contribution in [1.29, 1.82) is 0 Å². The highest BCUT2D eigenvalue weighted by Gasteiger charge is 2.19. The lowest BCUT2D eigenvalue weighted by Gasteiger charge is -2.09. The lowest BCUT2D eigenvalue weighted by atomic mass is 10.1. The van der Waals surface area contributed by atoms with Gasteiger partial charge >= 0.3 is 0 Å². The van der Waals surface area contributed by atoms with E-state index >= 15 is 0 Å². The number of nitrogens with zero attached hydrogens (tertiary/aromatic N) is 1. The van der Waals surface area contributed by atoms with Crippen LogP contribution < -0.4 is 10.2 Å². The largest absolute Gasteiger partial charge is 0.491 e. The van der Waals surface area contributed by atoms with Crippen LogP contribution >= 0.6 is 0 Å². The van der Waals surface area contributed by atoms with Crippen LogP contribution in [0.4, 0.5) is 4.39 Å². The van der Waals surface area contributed by atoms with E-state index in [9.17, 15) is 14.0 Å². The van der Waals surface area contributed by atoms with E-state index < -0.39 is 17.0 Å². The van der Waals surface area contributed by atoms with E-state index in [2.05, 4.69) is 10.2 Å². The summed E-state index contributed by atoms with van der Waals surface area (Å²) in [5, 5.41) is 6.17. The predicted molar refractivity (Wildman–Crippen MR) is 66.8 cm³/mol. The molecular formula is C13H11FN2O3. The number of Topliss-reactive ketones (excluding diaryl/α,β-unsaturated/α-hetero) is 1. The number of ether oxygens (including phenoxy) is 1. The van der Waals surface area contributed by atoms with Crippen molar-refractivity contribution in [3.63, 3.8) is 0 Å². The van der Waals surface area contributed by atoms with Gasteiger partial charge in [-0.2, -0.15) is 5.10 Å². The van der Waals surface area contributed by atoms with Gasteiger partial charge in [-0.1, -0.05) is 12.1 Å². The first-order valence-electron chi connectivity index (χ1n) is 5.48. The van der Waals surface area contributed by atoms with Gasteiger partial charge < -0.3 is 4.74 Å². The summed E-state index contributed by atoms with van der Waals surface area (Å²) >= 11 is 0. The maximum atomic E-state index is 13.7. The number of hydrogen-bond acceptors (Lipinski definition) is 4. The molecule has 1 heterocycles. The maximum absolute atomic E-state index is 13.7. The van der Waals surface area contributed by atoms with Gasteiger partial charge in [-0.25, -0.2) is 4.39 Å². The Kier molecular flexibility index (Phi) is 3.41. The molecule has 1 N–H and O–H groups in total. The second kappa shape index (κ2) is 5.01. The summed E-state index contributed by atoms with van der Waals surface area (Å²) < 4.78 is 18.7. The lowest BCUT2D eigenvalue weighted by Crippen LogP contribution is -2.19. The zero-order valence-electron chi connectivity index (χ0n) is 10.4. The molecule has 1 aromatic carbocycles. The van der Waals surface area contributed by atoms with Crippen LogP contribution in [0.2, 0.25) is 0 Å². The number of benzene rings is 1. The van der Waals surface area contributed by atoms with E-state index in [0.717, 1.165) is 0 Å². The minimum absolute atomic E-state index is 0.107. The average Bonchev–Trinajstić information content (AvgIpc) is 2.38. The number of ketones is 1. The molecule has 0 spiro atoms. The van der Waals surface area contributed by atoms with Crippen LogP contribution in [0.1, 0.15) is 17.4 Å². The fourth-order valence-corrected chi connectivity index (χ4v) is 1.71. The predicted octanol–water partition coefficient (Wildman–Crippen LogP) is 1.79. The van der Waals surface area contributed by atoms with Gasteiger partial charge in [0.1, 0.15) is 11.5 Å². The van der Waals surface area contributed by atoms with Gasteiger partial charge in [0, 0.05) is 12.5 Å². The SMILES string of the molecule is COc1c(-c2ccccc2F)[nH]nc(C(C)=O)c1=O. The Morgan fingerprint density at radius 3 is 2.63 bits per heavy atom. The number of halogens is 1. The van der Waals surface area contributed by atoms with Gasteiger partial charge in [-0.3, -0.25) is 14.7 Å². The Hall–Kier alpha value is -2.50. The highest BCUT2D eigenvalue weighted by molar-refractivity contribution is 5.92. The summed E-state index contributed by atoms with van der Waals surface area (Å²) in [7, 11) is 1.28. The molecule has 0 aliphatic carbocycles. The molecule has 19 heavy (non-hydrogen) atoms. The Morgan fingerprint density at radius 2 is 2.05 bits per heavy atom. The van der Waals surface area contributed by atoms with Crippen molar-refractivity contribution in [1.82, 2.24) is 10.2 Å². The molecule has 0 saturated heterocycles. The summed E-state index contributed by atoms with van der Waals surface area (Å²) in [5.41, 5.74) is -0.668. The van der Waals surface area contributed by atoms with Crippen molar-refractivity contribution in [3.05, 3.63) is 46.0 Å². The van der Waals surface area contributed by atoms with Gasteiger partial charge in [0.25, 0.3) is 5.43 Å². The number of nitrogens with one attached hydrogen (secondary N) is 1. The molecule has 0 aliphatic rings. The highest BCUT2D eigenvalue weighted by atomic mass is 19.1. The third-order valence-electron chi connectivity index (χ3n) is 2.61. The second-order valence-electron chi connectivity index (χ2n) is 3.85. The molecule has 1 aromatic heterocycles. The van der Waals surface area contributed by atoms with Crippen molar-refractivity contribution in [2.75, 3.05) is 7.11 Å². The molecule has 0 atom stereocenters. The molecule has 0 amide bonds. The second-order valence-corrected chi connectivity index (χ2v) is 3.85. The Bertz CT molecular complexity index is 695. The molecule has 0 fully saturated rings. The van der Waals surface area contributed by atoms with Gasteiger partial charge in [0.05, 0.1) is 7.11 Å². The topological polar surface area (TPSA) is 72.0 Å². The molecule has 2 rings (SSSR count). The normalized spacial score (nSPS) is 10.3. The van der Waals surface area contributed by atoms with Crippen LogP contribution in [0, 0.1) is 5.82 Å². The first-order chi connectivity index (χ1) is 9.06. The van der Waals surface area contributed by atoms with E-state index in [4.69, 9.17) is 4.74 Å². The summed E-state index contributed by atoms with van der Waals surface area (Å²) in [6.07, 6.45) is 0. The number of carbonyl (C=O) groups excluding carboxylic acids is 1. The fourth-order valence-electron chi connectivity index (χ4n) is 1.71. The number of aromatic amines is 1. The molecule has 98 valence electrons. The summed E-state index contributed by atoms with van der Waals surface area (Å²) in [4.78, 5) is 23.2. The summed E-state index contributed by atoms with van der Waals surface area (Å²) in [6.45, 7) is 1.22. The molecule has 5 nitrogen and oxygen atoms in total. The highest BCUT2D eigenvalue weighted by Crippen LogP contribution is 2.26. The van der Waals surface area contributed by atoms with E-state index in [0.29, 0.717) is 0 Å². The van der Waals surface area contributed by atoms with Gasteiger partial charge in [0.15, 0.2) is 17.2 Å². The van der Waals surface area contributed by atoms with Crippen LogP contribution in [-0.2, 0) is 0 Å². The number of rotatable bonds is 3. The molecule has 0 aliphatic heterocycles. The maximum Gasteiger partial charge on any atom is 0.253 e. The third kappa shape index (κ3) is 2.24. The van der Waals surface area contributed by atoms with E-state index in [1.54, 1.807) is 6.07 Å². The quantitative estimate of drug-likeness (QED) is 0.856. The summed E-state index contributed by atoms with van der Waals surface area (Å²) in [6, 6.07) is 5.89. The Balaban J connectivity index is 2.73. The number of methoxy groups -OCH3 is 1. The monoisotopic (exact) mass is 262 g/mol. The number of aromatic nitrogens is 2. The van der Waals surface area contributed by atoms with E-state index in [1.165, 1.54) is 32.2 Å². The molecule has 2 aromatic rings. The number of hydrogen-bond donors (Lipinski definition) is 1. The minimum atomic E-state index is -0.660. The van der Waals surface area contributed by atoms with Crippen molar-refractivity contribution in [3.8, 4) is 17.0 Å². The smallest absolute Gasteiger partial charge is 0.253 e. The van der Waals surface area contributed by atoms with Crippen LogP contribution in [0.5, 0.6) is 5.75 Å². The lowest BCUT2D eigenvalue weighted by molar-refractivity contribution is 0.101. The zero-order valence-corrected chi connectivity index (χ0v) is 10.4. The minimum Gasteiger partial charge on any atom is -0.491 e. The van der Waals surface area contributed by atoms with E-state index in [-0.39, 0.29) is 22.7 Å². The molecule has 6 heteroatoms. The van der Waals surface area contributed by atoms with Crippen LogP contribution in [0.15, 0.2) is 29.1 Å². The van der Waals surface area contributed by atoms with Crippen molar-refractivity contribution >= 4 is 5.78 Å². The van der Waals surface area contributed by atoms with Crippen molar-refractivity contribution < 1.29 is 13.9 Å². The summed E-state index contributed by atoms with van der Waals surface area (Å²) in [5.74, 6) is -1.14. The van der Waals surface area contributed by atoms with Gasteiger partial charge in [-0.05, 0) is 12.1 Å². The standard InChI is InChI=1S/C13H11FN2O3/c1-7(17)10-12(18)13(19-2)11(16-15-10)8-5-3-4-6-9(8)14/h3-6H,1-2H3,(H,16,18). The van der Waals surface area contributed by atoms with E-state index in [1.807, 2.05) is 0 Å². The molecule has 0 saturated carbocycles. The first kappa shape index (κ1) is 12.9. The third-order valence-corrected chi connectivity index (χ3v) is 2.61. The fraction of sp³-hybridized carbons (Fsp3) is 0.154. The van der Waals surface area contributed by atoms with Crippen LogP contribution in [0.3, 0.4) is 0 Å². The molecule has 0 radical (unpaired) electrons. The van der Waals surface area contributed by atoms with Crippen molar-refractivity contribution in [2.45, 2.75) is 6.92 Å². The van der Waals surface area contributed by atoms with Crippen LogP contribution in [-0.4, -0.2) is 23.1 Å².